The number of aromatic nitrogens is 1. The maximum absolute atomic E-state index is 11.6. The molecule has 7 heteroatoms. The zero-order valence-electron chi connectivity index (χ0n) is 10.8. The molecule has 0 bridgehead atoms. The zero-order valence-corrected chi connectivity index (χ0v) is 13.7. The number of hydrogen-bond acceptors (Lipinski definition) is 6. The minimum Gasteiger partial charge on any atom is -0.464 e. The second-order valence-corrected chi connectivity index (χ2v) is 6.12. The molecule has 0 unspecified atom stereocenters. The van der Waals surface area contributed by atoms with Crippen molar-refractivity contribution < 1.29 is 14.3 Å². The van der Waals surface area contributed by atoms with E-state index >= 15 is 0 Å². The number of rotatable bonds is 4. The van der Waals surface area contributed by atoms with Gasteiger partial charge in [0.2, 0.25) is 0 Å². The summed E-state index contributed by atoms with van der Waals surface area (Å²) in [5.74, 6) is -0.819. The summed E-state index contributed by atoms with van der Waals surface area (Å²) in [6.45, 7) is 1.40. The number of carbonyl (C=O) groups is 2. The van der Waals surface area contributed by atoms with Crippen LogP contribution in [0.4, 0.5) is 10.8 Å². The SMILES string of the molecule is COC(=O)c1nc(Nc2cccc(I)c2)sc1C(C)=O. The Kier molecular flexibility index (Phi) is 4.71. The minimum absolute atomic E-state index is 0.0538. The van der Waals surface area contributed by atoms with Gasteiger partial charge in [-0.05, 0) is 40.8 Å². The van der Waals surface area contributed by atoms with E-state index in [1.54, 1.807) is 0 Å². The summed E-state index contributed by atoms with van der Waals surface area (Å²) in [5, 5.41) is 3.57. The first-order valence-electron chi connectivity index (χ1n) is 5.64. The lowest BCUT2D eigenvalue weighted by Gasteiger charge is -2.02. The van der Waals surface area contributed by atoms with E-state index in [0.717, 1.165) is 20.6 Å². The van der Waals surface area contributed by atoms with Gasteiger partial charge >= 0.3 is 5.97 Å². The fraction of sp³-hybridized carbons (Fsp3) is 0.154. The van der Waals surface area contributed by atoms with Crippen LogP contribution >= 0.6 is 33.9 Å². The van der Waals surface area contributed by atoms with E-state index in [2.05, 4.69) is 37.6 Å². The van der Waals surface area contributed by atoms with Crippen molar-refractivity contribution in [2.45, 2.75) is 6.92 Å². The largest absolute Gasteiger partial charge is 0.464 e. The Balaban J connectivity index is 2.34. The van der Waals surface area contributed by atoms with Gasteiger partial charge in [-0.3, -0.25) is 4.79 Å². The van der Waals surface area contributed by atoms with Gasteiger partial charge in [-0.1, -0.05) is 17.4 Å². The highest BCUT2D eigenvalue weighted by molar-refractivity contribution is 14.1. The van der Waals surface area contributed by atoms with Crippen LogP contribution in [0.5, 0.6) is 0 Å². The second kappa shape index (κ2) is 6.31. The number of nitrogens with zero attached hydrogens (tertiary/aromatic N) is 1. The quantitative estimate of drug-likeness (QED) is 0.482. The lowest BCUT2D eigenvalue weighted by Crippen LogP contribution is -2.07. The average Bonchev–Trinajstić information content (AvgIpc) is 2.82. The third-order valence-corrected chi connectivity index (χ3v) is 4.14. The highest BCUT2D eigenvalue weighted by atomic mass is 127. The number of benzene rings is 1. The number of Topliss-reactive ketones (excluding diaryl/α,β-unsaturated/α-hetero) is 1. The molecule has 0 spiro atoms. The molecule has 2 rings (SSSR count). The fourth-order valence-electron chi connectivity index (χ4n) is 1.54. The van der Waals surface area contributed by atoms with Gasteiger partial charge in [0.05, 0.1) is 7.11 Å². The first-order valence-corrected chi connectivity index (χ1v) is 7.53. The molecule has 104 valence electrons. The van der Waals surface area contributed by atoms with Gasteiger partial charge in [0.1, 0.15) is 4.88 Å². The van der Waals surface area contributed by atoms with E-state index < -0.39 is 5.97 Å². The lowest BCUT2D eigenvalue weighted by molar-refractivity contribution is 0.0591. The predicted octanol–water partition coefficient (Wildman–Crippen LogP) is 3.48. The van der Waals surface area contributed by atoms with Crippen molar-refractivity contribution in [3.8, 4) is 0 Å². The van der Waals surface area contributed by atoms with E-state index in [1.807, 2.05) is 24.3 Å². The zero-order chi connectivity index (χ0) is 14.7. The second-order valence-electron chi connectivity index (χ2n) is 3.88. The topological polar surface area (TPSA) is 68.3 Å². The summed E-state index contributed by atoms with van der Waals surface area (Å²) in [4.78, 5) is 27.6. The van der Waals surface area contributed by atoms with E-state index in [0.29, 0.717) is 10.0 Å². The number of ketones is 1. The Morgan fingerprint density at radius 2 is 2.15 bits per heavy atom. The molecule has 1 aromatic heterocycles. The number of esters is 1. The predicted molar refractivity (Wildman–Crippen MR) is 85.9 cm³/mol. The molecule has 5 nitrogen and oxygen atoms in total. The van der Waals surface area contributed by atoms with Gasteiger partial charge in [-0.25, -0.2) is 9.78 Å². The number of nitrogens with one attached hydrogen (secondary N) is 1. The Morgan fingerprint density at radius 3 is 2.75 bits per heavy atom. The van der Waals surface area contributed by atoms with Crippen molar-refractivity contribution in [2.75, 3.05) is 12.4 Å². The summed E-state index contributed by atoms with van der Waals surface area (Å²) < 4.78 is 5.71. The van der Waals surface area contributed by atoms with E-state index in [1.165, 1.54) is 14.0 Å². The minimum atomic E-state index is -0.609. The van der Waals surface area contributed by atoms with Gasteiger partial charge in [0.25, 0.3) is 0 Å². The normalized spacial score (nSPS) is 10.2. The van der Waals surface area contributed by atoms with Crippen LogP contribution < -0.4 is 5.32 Å². The summed E-state index contributed by atoms with van der Waals surface area (Å²) in [5.41, 5.74) is 0.898. The number of anilines is 2. The monoisotopic (exact) mass is 402 g/mol. The summed E-state index contributed by atoms with van der Waals surface area (Å²) in [6.07, 6.45) is 0. The maximum atomic E-state index is 11.6. The molecular weight excluding hydrogens is 391 g/mol. The third-order valence-electron chi connectivity index (χ3n) is 2.40. The fourth-order valence-corrected chi connectivity index (χ4v) is 2.95. The molecule has 0 saturated carbocycles. The highest BCUT2D eigenvalue weighted by Gasteiger charge is 2.21. The van der Waals surface area contributed by atoms with Gasteiger partial charge in [0.15, 0.2) is 16.6 Å². The smallest absolute Gasteiger partial charge is 0.358 e. The molecular formula is C13H11IN2O3S. The number of thiazole rings is 1. The van der Waals surface area contributed by atoms with E-state index in [9.17, 15) is 9.59 Å². The molecule has 0 aliphatic heterocycles. The molecule has 0 saturated heterocycles. The van der Waals surface area contributed by atoms with Crippen LogP contribution in [-0.4, -0.2) is 23.8 Å². The van der Waals surface area contributed by atoms with E-state index in [4.69, 9.17) is 0 Å². The van der Waals surface area contributed by atoms with Crippen LogP contribution in [0.1, 0.15) is 27.1 Å². The summed E-state index contributed by atoms with van der Waals surface area (Å²) in [7, 11) is 1.26. The Labute approximate surface area is 133 Å². The number of methoxy groups -OCH3 is 1. The third kappa shape index (κ3) is 3.34. The standard InChI is InChI=1S/C13H11IN2O3S/c1-7(17)11-10(12(18)19-2)16-13(20-11)15-9-5-3-4-8(14)6-9/h3-6H,1-2H3,(H,15,16). The molecule has 0 radical (unpaired) electrons. The number of ether oxygens (including phenoxy) is 1. The van der Waals surface area contributed by atoms with Gasteiger partial charge in [0, 0.05) is 16.2 Å². The van der Waals surface area contributed by atoms with Gasteiger partial charge in [-0.15, -0.1) is 0 Å². The van der Waals surface area contributed by atoms with Gasteiger partial charge < -0.3 is 10.1 Å². The molecule has 2 aromatic rings. The molecule has 0 amide bonds. The van der Waals surface area contributed by atoms with Crippen molar-refractivity contribution in [3.63, 3.8) is 0 Å². The van der Waals surface area contributed by atoms with Crippen molar-refractivity contribution in [1.82, 2.24) is 4.98 Å². The van der Waals surface area contributed by atoms with Crippen molar-refractivity contribution >= 4 is 56.5 Å². The van der Waals surface area contributed by atoms with Crippen LogP contribution in [0.2, 0.25) is 0 Å². The lowest BCUT2D eigenvalue weighted by atomic mass is 10.3. The van der Waals surface area contributed by atoms with Crippen LogP contribution in [0, 0.1) is 3.57 Å². The Hall–Kier alpha value is -1.48. The summed E-state index contributed by atoms with van der Waals surface area (Å²) >= 11 is 3.34. The number of hydrogen-bond donors (Lipinski definition) is 1. The van der Waals surface area contributed by atoms with E-state index in [-0.39, 0.29) is 11.5 Å². The van der Waals surface area contributed by atoms with Crippen molar-refractivity contribution in [3.05, 3.63) is 38.4 Å². The molecule has 1 aromatic carbocycles. The Bertz CT molecular complexity index is 669. The highest BCUT2D eigenvalue weighted by Crippen LogP contribution is 2.27. The molecule has 0 aliphatic rings. The van der Waals surface area contributed by atoms with Crippen molar-refractivity contribution in [1.29, 1.82) is 0 Å². The van der Waals surface area contributed by atoms with Crippen LogP contribution in [0.25, 0.3) is 0 Å². The first kappa shape index (κ1) is 14.9. The van der Waals surface area contributed by atoms with Crippen LogP contribution in [0.3, 0.4) is 0 Å². The Morgan fingerprint density at radius 1 is 1.40 bits per heavy atom. The number of halogens is 1. The molecule has 1 N–H and O–H groups in total. The molecule has 20 heavy (non-hydrogen) atoms. The van der Waals surface area contributed by atoms with Crippen molar-refractivity contribution in [2.24, 2.45) is 0 Å². The summed E-state index contributed by atoms with van der Waals surface area (Å²) in [6, 6.07) is 7.70. The van der Waals surface area contributed by atoms with Gasteiger partial charge in [-0.2, -0.15) is 0 Å². The molecule has 0 atom stereocenters. The molecule has 0 aliphatic carbocycles. The average molecular weight is 402 g/mol. The first-order chi connectivity index (χ1) is 9.51. The van der Waals surface area contributed by atoms with Crippen LogP contribution in [-0.2, 0) is 4.74 Å². The maximum Gasteiger partial charge on any atom is 0.358 e. The molecule has 0 fully saturated rings. The number of carbonyl (C=O) groups excluding carboxylic acids is 2. The molecule has 1 heterocycles. The van der Waals surface area contributed by atoms with Crippen LogP contribution in [0.15, 0.2) is 24.3 Å².